The second-order valence-electron chi connectivity index (χ2n) is 7.65. The Morgan fingerprint density at radius 1 is 1.00 bits per heavy atom. The quantitative estimate of drug-likeness (QED) is 0.344. The third-order valence-corrected chi connectivity index (χ3v) is 5.33. The minimum absolute atomic E-state index is 0.0871. The van der Waals surface area contributed by atoms with Crippen molar-refractivity contribution in [1.82, 2.24) is 14.9 Å². The number of hydrogen-bond acceptors (Lipinski definition) is 3. The van der Waals surface area contributed by atoms with Crippen LogP contribution in [0.4, 0.5) is 4.39 Å². The van der Waals surface area contributed by atoms with Gasteiger partial charge in [0.2, 0.25) is 0 Å². The molecule has 0 saturated carbocycles. The lowest BCUT2D eigenvalue weighted by Gasteiger charge is -2.11. The van der Waals surface area contributed by atoms with Crippen molar-refractivity contribution in [3.8, 4) is 5.75 Å². The zero-order chi connectivity index (χ0) is 22.2. The topological polar surface area (TPSA) is 56.1 Å². The van der Waals surface area contributed by atoms with Crippen molar-refractivity contribution in [1.29, 1.82) is 0 Å². The lowest BCUT2D eigenvalue weighted by molar-refractivity contribution is 0.0950. The second kappa shape index (κ2) is 10.6. The molecule has 1 amide bonds. The van der Waals surface area contributed by atoms with E-state index in [1.54, 1.807) is 42.6 Å². The van der Waals surface area contributed by atoms with E-state index in [4.69, 9.17) is 4.74 Å². The zero-order valence-corrected chi connectivity index (χ0v) is 17.8. The number of carbonyl (C=O) groups excluding carboxylic acids is 1. The fourth-order valence-corrected chi connectivity index (χ4v) is 3.57. The number of nitrogens with one attached hydrogen (secondary N) is 1. The summed E-state index contributed by atoms with van der Waals surface area (Å²) in [6, 6.07) is 18.1. The van der Waals surface area contributed by atoms with Gasteiger partial charge in [0, 0.05) is 48.2 Å². The van der Waals surface area contributed by atoms with Crippen LogP contribution in [-0.2, 0) is 13.1 Å². The van der Waals surface area contributed by atoms with Gasteiger partial charge < -0.3 is 14.6 Å². The van der Waals surface area contributed by atoms with Crippen LogP contribution in [-0.4, -0.2) is 22.1 Å². The van der Waals surface area contributed by atoms with E-state index in [1.165, 1.54) is 0 Å². The number of nitrogens with zero attached hydrogens (tertiary/aromatic N) is 2. The summed E-state index contributed by atoms with van der Waals surface area (Å²) < 4.78 is 22.6. The van der Waals surface area contributed by atoms with Crippen LogP contribution in [0, 0.1) is 5.82 Å². The Labute approximate surface area is 186 Å². The molecule has 0 unspecified atom stereocenters. The van der Waals surface area contributed by atoms with E-state index in [0.29, 0.717) is 17.7 Å². The number of benzene rings is 2. The van der Waals surface area contributed by atoms with Gasteiger partial charge in [0.1, 0.15) is 0 Å². The fraction of sp³-hybridized carbons (Fsp3) is 0.231. The van der Waals surface area contributed by atoms with Gasteiger partial charge in [0.25, 0.3) is 5.91 Å². The molecule has 2 aromatic heterocycles. The number of fused-ring (bicyclic) bond motifs is 1. The molecule has 2 aromatic carbocycles. The number of amides is 1. The summed E-state index contributed by atoms with van der Waals surface area (Å²) in [5.41, 5.74) is 1.73. The maximum Gasteiger partial charge on any atom is 0.251 e. The number of rotatable bonds is 10. The van der Waals surface area contributed by atoms with Gasteiger partial charge in [-0.3, -0.25) is 9.78 Å². The van der Waals surface area contributed by atoms with E-state index < -0.39 is 5.82 Å². The molecule has 2 heterocycles. The molecule has 0 radical (unpaired) electrons. The molecule has 32 heavy (non-hydrogen) atoms. The number of ether oxygens (including phenoxy) is 1. The normalized spacial score (nSPS) is 10.9. The van der Waals surface area contributed by atoms with Crippen LogP contribution in [0.5, 0.6) is 5.75 Å². The smallest absolute Gasteiger partial charge is 0.251 e. The molecule has 4 aromatic rings. The largest absolute Gasteiger partial charge is 0.491 e. The highest BCUT2D eigenvalue weighted by atomic mass is 19.1. The first-order valence-electron chi connectivity index (χ1n) is 10.8. The maximum absolute atomic E-state index is 14.8. The van der Waals surface area contributed by atoms with Gasteiger partial charge in [-0.2, -0.15) is 0 Å². The van der Waals surface area contributed by atoms with Crippen molar-refractivity contribution in [2.45, 2.75) is 32.4 Å². The standard InChI is InChI=1S/C26H26FN3O2/c27-25-22(19-29-26(31)21-11-12-23-20(18-21)9-7-13-28-23)8-6-10-24(25)32-17-5-1-2-14-30-15-3-4-16-30/h3-4,6-13,15-16,18H,1-2,5,14,17,19H2,(H,29,31). The van der Waals surface area contributed by atoms with Gasteiger partial charge in [-0.25, -0.2) is 4.39 Å². The molecule has 0 aliphatic heterocycles. The zero-order valence-electron chi connectivity index (χ0n) is 17.8. The third-order valence-electron chi connectivity index (χ3n) is 5.33. The summed E-state index contributed by atoms with van der Waals surface area (Å²) in [5.74, 6) is -0.467. The second-order valence-corrected chi connectivity index (χ2v) is 7.65. The van der Waals surface area contributed by atoms with E-state index in [1.807, 2.05) is 36.7 Å². The monoisotopic (exact) mass is 431 g/mol. The van der Waals surface area contributed by atoms with Crippen molar-refractivity contribution >= 4 is 16.8 Å². The van der Waals surface area contributed by atoms with Crippen LogP contribution in [0.25, 0.3) is 10.9 Å². The van der Waals surface area contributed by atoms with Gasteiger partial charge in [-0.15, -0.1) is 0 Å². The van der Waals surface area contributed by atoms with Gasteiger partial charge in [0.05, 0.1) is 12.1 Å². The van der Waals surface area contributed by atoms with Gasteiger partial charge in [-0.1, -0.05) is 18.2 Å². The molecular weight excluding hydrogens is 405 g/mol. The minimum Gasteiger partial charge on any atom is -0.491 e. The van der Waals surface area contributed by atoms with E-state index >= 15 is 0 Å². The van der Waals surface area contributed by atoms with Crippen LogP contribution in [0.1, 0.15) is 35.2 Å². The molecule has 4 rings (SSSR count). The lowest BCUT2D eigenvalue weighted by atomic mass is 10.1. The van der Waals surface area contributed by atoms with Gasteiger partial charge in [0.15, 0.2) is 11.6 Å². The van der Waals surface area contributed by atoms with E-state index in [2.05, 4.69) is 14.9 Å². The van der Waals surface area contributed by atoms with E-state index in [9.17, 15) is 9.18 Å². The summed E-state index contributed by atoms with van der Waals surface area (Å²) in [5, 5.41) is 3.67. The van der Waals surface area contributed by atoms with Crippen molar-refractivity contribution in [3.05, 3.63) is 96.2 Å². The first kappa shape index (κ1) is 21.6. The van der Waals surface area contributed by atoms with E-state index in [0.717, 1.165) is 36.7 Å². The summed E-state index contributed by atoms with van der Waals surface area (Å²) in [7, 11) is 0. The Kier molecular flexibility index (Phi) is 7.12. The average Bonchev–Trinajstić information content (AvgIpc) is 3.34. The molecule has 0 saturated heterocycles. The predicted octanol–water partition coefficient (Wildman–Crippen LogP) is 5.35. The highest BCUT2D eigenvalue weighted by Gasteiger charge is 2.12. The van der Waals surface area contributed by atoms with Crippen LogP contribution in [0.2, 0.25) is 0 Å². The van der Waals surface area contributed by atoms with Gasteiger partial charge >= 0.3 is 0 Å². The number of aromatic nitrogens is 2. The predicted molar refractivity (Wildman–Crippen MR) is 123 cm³/mol. The Hall–Kier alpha value is -3.67. The molecule has 0 fully saturated rings. The minimum atomic E-state index is -0.428. The highest BCUT2D eigenvalue weighted by Crippen LogP contribution is 2.21. The molecule has 0 aliphatic carbocycles. The Bertz CT molecular complexity index is 1170. The number of pyridine rings is 1. The molecule has 0 atom stereocenters. The number of unbranched alkanes of at least 4 members (excludes halogenated alkanes) is 2. The molecule has 1 N–H and O–H groups in total. The van der Waals surface area contributed by atoms with Crippen LogP contribution < -0.4 is 10.1 Å². The molecule has 164 valence electrons. The molecule has 0 spiro atoms. The first-order chi connectivity index (χ1) is 15.7. The summed E-state index contributed by atoms with van der Waals surface area (Å²) in [4.78, 5) is 16.8. The van der Waals surface area contributed by atoms with Crippen LogP contribution in [0.3, 0.4) is 0 Å². The summed E-state index contributed by atoms with van der Waals surface area (Å²) in [6.45, 7) is 1.53. The Morgan fingerprint density at radius 3 is 2.75 bits per heavy atom. The molecule has 5 nitrogen and oxygen atoms in total. The van der Waals surface area contributed by atoms with Crippen molar-refractivity contribution in [2.75, 3.05) is 6.61 Å². The van der Waals surface area contributed by atoms with Crippen LogP contribution >= 0.6 is 0 Å². The molecule has 0 bridgehead atoms. The maximum atomic E-state index is 14.8. The molecule has 0 aliphatic rings. The van der Waals surface area contributed by atoms with Crippen molar-refractivity contribution in [3.63, 3.8) is 0 Å². The fourth-order valence-electron chi connectivity index (χ4n) is 3.57. The van der Waals surface area contributed by atoms with Gasteiger partial charge in [-0.05, 0) is 61.7 Å². The first-order valence-corrected chi connectivity index (χ1v) is 10.8. The van der Waals surface area contributed by atoms with E-state index in [-0.39, 0.29) is 18.2 Å². The van der Waals surface area contributed by atoms with Crippen molar-refractivity contribution < 1.29 is 13.9 Å². The Balaban J connectivity index is 1.26. The summed E-state index contributed by atoms with van der Waals surface area (Å²) in [6.07, 6.45) is 8.73. The lowest BCUT2D eigenvalue weighted by Crippen LogP contribution is -2.23. The number of aryl methyl sites for hydroxylation is 1. The Morgan fingerprint density at radius 2 is 1.88 bits per heavy atom. The van der Waals surface area contributed by atoms with Crippen molar-refractivity contribution in [2.24, 2.45) is 0 Å². The SMILES string of the molecule is O=C(NCc1cccc(OCCCCCn2cccc2)c1F)c1ccc2ncccc2c1. The summed E-state index contributed by atoms with van der Waals surface area (Å²) >= 11 is 0. The van der Waals surface area contributed by atoms with Crippen LogP contribution in [0.15, 0.2) is 79.3 Å². The number of halogens is 1. The third kappa shape index (κ3) is 5.52. The molecular formula is C26H26FN3O2. The number of carbonyl (C=O) groups is 1. The number of hydrogen-bond donors (Lipinski definition) is 1. The molecule has 6 heteroatoms. The average molecular weight is 432 g/mol. The highest BCUT2D eigenvalue weighted by molar-refractivity contribution is 5.97.